The zero-order valence-corrected chi connectivity index (χ0v) is 18.3. The predicted molar refractivity (Wildman–Crippen MR) is 114 cm³/mol. The quantitative estimate of drug-likeness (QED) is 0.811. The van der Waals surface area contributed by atoms with E-state index in [1.54, 1.807) is 0 Å². The van der Waals surface area contributed by atoms with Crippen LogP contribution in [-0.4, -0.2) is 46.0 Å². The molecule has 2 aromatic rings. The molecule has 7 heteroatoms. The lowest BCUT2D eigenvalue weighted by atomic mass is 9.94. The lowest BCUT2D eigenvalue weighted by Crippen LogP contribution is -2.47. The molecule has 2 amide bonds. The van der Waals surface area contributed by atoms with E-state index in [0.29, 0.717) is 35.7 Å². The Morgan fingerprint density at radius 3 is 2.79 bits per heavy atom. The number of ether oxygens (including phenoxy) is 1. The van der Waals surface area contributed by atoms with Crippen molar-refractivity contribution in [3.05, 3.63) is 29.1 Å². The summed E-state index contributed by atoms with van der Waals surface area (Å²) < 4.78 is 10.0. The second kappa shape index (κ2) is 7.59. The van der Waals surface area contributed by atoms with Gasteiger partial charge in [0.1, 0.15) is 10.5 Å². The fraction of sp³-hybridized carbons (Fsp3) is 0.591. The number of carbonyl (C=O) groups is 2. The van der Waals surface area contributed by atoms with E-state index in [1.165, 1.54) is 11.5 Å². The minimum Gasteiger partial charge on any atom is -0.444 e. The highest BCUT2D eigenvalue weighted by Crippen LogP contribution is 2.45. The second-order valence-electron chi connectivity index (χ2n) is 9.44. The molecule has 1 N–H and O–H groups in total. The topological polar surface area (TPSA) is 71.5 Å². The Labute approximate surface area is 175 Å². The van der Waals surface area contributed by atoms with E-state index in [1.807, 2.05) is 49.9 Å². The molecule has 1 aliphatic heterocycles. The van der Waals surface area contributed by atoms with E-state index >= 15 is 0 Å². The smallest absolute Gasteiger partial charge is 0.410 e. The zero-order valence-electron chi connectivity index (χ0n) is 17.5. The molecule has 2 aliphatic rings. The van der Waals surface area contributed by atoms with E-state index in [4.69, 9.17) is 4.74 Å². The van der Waals surface area contributed by atoms with Gasteiger partial charge < -0.3 is 15.0 Å². The third-order valence-electron chi connectivity index (χ3n) is 6.00. The number of nitrogens with one attached hydrogen (secondary N) is 1. The maximum atomic E-state index is 12.9. The van der Waals surface area contributed by atoms with Crippen LogP contribution in [-0.2, 0) is 4.74 Å². The van der Waals surface area contributed by atoms with E-state index in [9.17, 15) is 9.59 Å². The molecule has 2 heterocycles. The van der Waals surface area contributed by atoms with Crippen LogP contribution in [0.15, 0.2) is 24.3 Å². The minimum atomic E-state index is -0.530. The third kappa shape index (κ3) is 4.10. The molecular formula is C22H29N3O3S. The average molecular weight is 416 g/mol. The van der Waals surface area contributed by atoms with Crippen LogP contribution in [0.5, 0.6) is 0 Å². The highest BCUT2D eigenvalue weighted by molar-refractivity contribution is 7.09. The zero-order chi connectivity index (χ0) is 20.8. The lowest BCUT2D eigenvalue weighted by Gasteiger charge is -2.31. The molecule has 1 aliphatic carbocycles. The number of hydrogen-bond donors (Lipinski definition) is 1. The first-order valence-corrected chi connectivity index (χ1v) is 11.1. The molecular weight excluding hydrogens is 386 g/mol. The van der Waals surface area contributed by atoms with Gasteiger partial charge in [-0.05, 0) is 69.0 Å². The van der Waals surface area contributed by atoms with Gasteiger partial charge in [-0.25, -0.2) is 4.79 Å². The summed E-state index contributed by atoms with van der Waals surface area (Å²) in [5.41, 5.74) is 0.306. The summed E-state index contributed by atoms with van der Waals surface area (Å²) in [6.07, 6.45) is 1.95. The Morgan fingerprint density at radius 2 is 2.03 bits per heavy atom. The van der Waals surface area contributed by atoms with Crippen molar-refractivity contribution in [1.29, 1.82) is 0 Å². The van der Waals surface area contributed by atoms with Crippen molar-refractivity contribution in [3.8, 4) is 0 Å². The normalized spacial score (nSPS) is 26.6. The second-order valence-corrected chi connectivity index (χ2v) is 10.2. The van der Waals surface area contributed by atoms with Crippen molar-refractivity contribution in [1.82, 2.24) is 14.6 Å². The molecule has 1 saturated carbocycles. The highest BCUT2D eigenvalue weighted by Gasteiger charge is 2.49. The fourth-order valence-electron chi connectivity index (χ4n) is 4.87. The van der Waals surface area contributed by atoms with Gasteiger partial charge in [0, 0.05) is 18.5 Å². The number of nitrogens with zero attached hydrogens (tertiary/aromatic N) is 2. The van der Waals surface area contributed by atoms with Crippen LogP contribution in [0.4, 0.5) is 4.79 Å². The molecule has 4 atom stereocenters. The van der Waals surface area contributed by atoms with Crippen LogP contribution < -0.4 is 5.32 Å². The van der Waals surface area contributed by atoms with Crippen LogP contribution in [0, 0.1) is 17.8 Å². The summed E-state index contributed by atoms with van der Waals surface area (Å²) in [7, 11) is 0. The minimum absolute atomic E-state index is 0.0251. The van der Waals surface area contributed by atoms with E-state index in [2.05, 4.69) is 16.6 Å². The van der Waals surface area contributed by atoms with Crippen LogP contribution in [0.1, 0.15) is 50.2 Å². The Bertz CT molecular complexity index is 919. The third-order valence-corrected chi connectivity index (χ3v) is 6.88. The maximum absolute atomic E-state index is 12.9. The van der Waals surface area contributed by atoms with Gasteiger partial charge in [0.05, 0.1) is 11.6 Å². The molecule has 29 heavy (non-hydrogen) atoms. The fourth-order valence-corrected chi connectivity index (χ4v) is 5.64. The molecule has 4 rings (SSSR count). The van der Waals surface area contributed by atoms with Gasteiger partial charge in [-0.15, -0.1) is 0 Å². The average Bonchev–Trinajstić information content (AvgIpc) is 3.30. The molecule has 0 radical (unpaired) electrons. The summed E-state index contributed by atoms with van der Waals surface area (Å²) in [4.78, 5) is 28.1. The van der Waals surface area contributed by atoms with Crippen molar-refractivity contribution >= 4 is 34.4 Å². The first-order chi connectivity index (χ1) is 13.7. The van der Waals surface area contributed by atoms with Gasteiger partial charge in [0.2, 0.25) is 0 Å². The number of fused-ring (bicyclic) bond motifs is 2. The van der Waals surface area contributed by atoms with Gasteiger partial charge in [-0.1, -0.05) is 25.1 Å². The first kappa shape index (κ1) is 20.1. The van der Waals surface area contributed by atoms with E-state index in [-0.39, 0.29) is 18.0 Å². The Morgan fingerprint density at radius 1 is 1.28 bits per heavy atom. The number of aromatic nitrogens is 1. The van der Waals surface area contributed by atoms with Gasteiger partial charge in [0.15, 0.2) is 0 Å². The summed E-state index contributed by atoms with van der Waals surface area (Å²) >= 11 is 1.22. The number of rotatable bonds is 3. The van der Waals surface area contributed by atoms with E-state index in [0.717, 1.165) is 23.7 Å². The lowest BCUT2D eigenvalue weighted by molar-refractivity contribution is 0.0196. The van der Waals surface area contributed by atoms with Gasteiger partial charge in [-0.3, -0.25) is 4.79 Å². The molecule has 1 unspecified atom stereocenters. The first-order valence-electron chi connectivity index (χ1n) is 10.3. The van der Waals surface area contributed by atoms with Crippen molar-refractivity contribution in [2.24, 2.45) is 17.8 Å². The molecule has 1 saturated heterocycles. The molecule has 0 spiro atoms. The SMILES string of the molecule is CC1C[C@H]2CN(C(=O)OC(C)(C)C)[C@H](CNC(=O)c3snc4ccccc34)[C@H]2C1. The molecule has 6 nitrogen and oxygen atoms in total. The summed E-state index contributed by atoms with van der Waals surface area (Å²) in [5.74, 6) is 1.44. The van der Waals surface area contributed by atoms with Gasteiger partial charge >= 0.3 is 6.09 Å². The maximum Gasteiger partial charge on any atom is 0.410 e. The van der Waals surface area contributed by atoms with Crippen molar-refractivity contribution in [2.45, 2.75) is 52.2 Å². The molecule has 2 fully saturated rings. The molecule has 156 valence electrons. The van der Waals surface area contributed by atoms with Crippen molar-refractivity contribution < 1.29 is 14.3 Å². The van der Waals surface area contributed by atoms with Crippen LogP contribution in [0.3, 0.4) is 0 Å². The summed E-state index contributed by atoms with van der Waals surface area (Å²) in [6, 6.07) is 7.64. The summed E-state index contributed by atoms with van der Waals surface area (Å²) in [5, 5.41) is 3.95. The number of hydrogen-bond acceptors (Lipinski definition) is 5. The highest BCUT2D eigenvalue weighted by atomic mass is 32.1. The van der Waals surface area contributed by atoms with Crippen molar-refractivity contribution in [2.75, 3.05) is 13.1 Å². The van der Waals surface area contributed by atoms with Crippen LogP contribution in [0.25, 0.3) is 10.9 Å². The largest absolute Gasteiger partial charge is 0.444 e. The predicted octanol–water partition coefficient (Wildman–Crippen LogP) is 4.31. The summed E-state index contributed by atoms with van der Waals surface area (Å²) in [6.45, 7) is 9.09. The number of benzene rings is 1. The standard InChI is InChI=1S/C22H29N3O3S/c1-13-9-14-12-25(21(27)28-22(2,3)4)18(16(14)10-13)11-23-20(26)19-15-7-5-6-8-17(15)24-29-19/h5-8,13-14,16,18H,9-12H2,1-4H3,(H,23,26)/t13?,14-,16-,18+/m0/s1. The molecule has 0 bridgehead atoms. The number of carbonyl (C=O) groups excluding carboxylic acids is 2. The van der Waals surface area contributed by atoms with Gasteiger partial charge in [-0.2, -0.15) is 4.37 Å². The number of likely N-dealkylation sites (tertiary alicyclic amines) is 1. The van der Waals surface area contributed by atoms with Crippen LogP contribution >= 0.6 is 11.5 Å². The monoisotopic (exact) mass is 415 g/mol. The molecule has 1 aromatic heterocycles. The van der Waals surface area contributed by atoms with E-state index < -0.39 is 5.60 Å². The van der Waals surface area contributed by atoms with Crippen molar-refractivity contribution in [3.63, 3.8) is 0 Å². The molecule has 1 aromatic carbocycles. The Kier molecular flexibility index (Phi) is 5.27. The van der Waals surface area contributed by atoms with Crippen LogP contribution in [0.2, 0.25) is 0 Å². The Hall–Kier alpha value is -2.15. The number of amides is 2. The Balaban J connectivity index is 1.49. The van der Waals surface area contributed by atoms with Gasteiger partial charge in [0.25, 0.3) is 5.91 Å².